The molecule has 3 rings (SSSR count). The zero-order chi connectivity index (χ0) is 16.6. The van der Waals surface area contributed by atoms with Crippen LogP contribution in [0.25, 0.3) is 11.0 Å². The van der Waals surface area contributed by atoms with E-state index in [1.165, 1.54) is 0 Å². The molecule has 24 heavy (non-hydrogen) atoms. The van der Waals surface area contributed by atoms with E-state index in [1.54, 1.807) is 12.4 Å². The highest BCUT2D eigenvalue weighted by atomic mass is 32.1. The Labute approximate surface area is 146 Å². The fourth-order valence-corrected chi connectivity index (χ4v) is 2.54. The van der Waals surface area contributed by atoms with Gasteiger partial charge in [-0.05, 0) is 24.4 Å². The van der Waals surface area contributed by atoms with Crippen molar-refractivity contribution in [3.8, 4) is 0 Å². The van der Waals surface area contributed by atoms with Crippen LogP contribution in [0.5, 0.6) is 0 Å². The molecule has 2 aromatic rings. The minimum absolute atomic E-state index is 0.494. The third-order valence-electron chi connectivity index (χ3n) is 3.65. The van der Waals surface area contributed by atoms with Crippen molar-refractivity contribution in [3.63, 3.8) is 0 Å². The van der Waals surface area contributed by atoms with Crippen molar-refractivity contribution >= 4 is 34.6 Å². The third-order valence-corrected chi connectivity index (χ3v) is 3.88. The highest BCUT2D eigenvalue weighted by Gasteiger charge is 2.09. The smallest absolute Gasteiger partial charge is 0.187 e. The summed E-state index contributed by atoms with van der Waals surface area (Å²) in [5.41, 5.74) is 5.18. The number of rotatable bonds is 5. The Morgan fingerprint density at radius 1 is 1.29 bits per heavy atom. The molecule has 0 amide bonds. The maximum absolute atomic E-state index is 5.32. The van der Waals surface area contributed by atoms with Crippen LogP contribution in [0.1, 0.15) is 5.69 Å². The number of benzene rings is 1. The number of hydrogen-bond donors (Lipinski definition) is 2. The predicted octanol–water partition coefficient (Wildman–Crippen LogP) is 0.760. The number of nitrogens with zero attached hydrogens (tertiary/aromatic N) is 4. The largest absolute Gasteiger partial charge is 0.379 e. The summed E-state index contributed by atoms with van der Waals surface area (Å²) < 4.78 is 5.32. The molecule has 0 bridgehead atoms. The number of hydrazone groups is 1. The van der Waals surface area contributed by atoms with E-state index < -0.39 is 0 Å². The fourth-order valence-electron chi connectivity index (χ4n) is 2.38. The molecule has 1 saturated heterocycles. The van der Waals surface area contributed by atoms with Crippen LogP contribution in [-0.2, 0) is 4.74 Å². The van der Waals surface area contributed by atoms with E-state index in [0.717, 1.165) is 50.4 Å². The number of hydrogen-bond acceptors (Lipinski definition) is 6. The zero-order valence-corrected chi connectivity index (χ0v) is 14.1. The first kappa shape index (κ1) is 16.7. The highest BCUT2D eigenvalue weighted by Crippen LogP contribution is 2.07. The minimum Gasteiger partial charge on any atom is -0.379 e. The molecule has 0 atom stereocenters. The molecular formula is C16H20N6OS. The summed E-state index contributed by atoms with van der Waals surface area (Å²) in [6.45, 7) is 5.27. The van der Waals surface area contributed by atoms with Crippen LogP contribution in [0, 0.1) is 0 Å². The van der Waals surface area contributed by atoms with Crippen molar-refractivity contribution in [3.05, 3.63) is 36.2 Å². The van der Waals surface area contributed by atoms with Crippen LogP contribution >= 0.6 is 12.2 Å². The standard InChI is InChI=1S/C16H20N6OS/c24-16(17-5-6-22-7-9-23-10-8-22)21-19-12-13-11-18-14-3-1-2-4-15(14)20-13/h1-4,11-12H,5-10H2,(H2,17,21,24)/b19-12-. The van der Waals surface area contributed by atoms with Crippen LogP contribution in [0.4, 0.5) is 0 Å². The van der Waals surface area contributed by atoms with Gasteiger partial charge in [0.1, 0.15) is 5.69 Å². The SMILES string of the molecule is S=C(NCCN1CCOCC1)N/N=C\c1cnc2ccccc2n1. The van der Waals surface area contributed by atoms with Gasteiger partial charge in [0.05, 0.1) is 36.7 Å². The van der Waals surface area contributed by atoms with Crippen molar-refractivity contribution in [1.29, 1.82) is 0 Å². The van der Waals surface area contributed by atoms with E-state index in [9.17, 15) is 0 Å². The number of aromatic nitrogens is 2. The van der Waals surface area contributed by atoms with E-state index in [1.807, 2.05) is 24.3 Å². The van der Waals surface area contributed by atoms with E-state index >= 15 is 0 Å². The first-order valence-corrected chi connectivity index (χ1v) is 8.31. The van der Waals surface area contributed by atoms with E-state index in [0.29, 0.717) is 10.8 Å². The number of morpholine rings is 1. The summed E-state index contributed by atoms with van der Waals surface area (Å²) in [5, 5.41) is 7.73. The first-order valence-electron chi connectivity index (χ1n) is 7.90. The van der Waals surface area contributed by atoms with Crippen LogP contribution in [0.2, 0.25) is 0 Å². The number of fused-ring (bicyclic) bond motifs is 1. The minimum atomic E-state index is 0.494. The predicted molar refractivity (Wildman–Crippen MR) is 98.1 cm³/mol. The molecule has 0 radical (unpaired) electrons. The Kier molecular flexibility index (Phi) is 6.00. The molecule has 1 aliphatic heterocycles. The van der Waals surface area contributed by atoms with Crippen molar-refractivity contribution in [2.75, 3.05) is 39.4 Å². The Morgan fingerprint density at radius 3 is 2.92 bits per heavy atom. The fraction of sp³-hybridized carbons (Fsp3) is 0.375. The molecule has 8 heteroatoms. The summed E-state index contributed by atoms with van der Waals surface area (Å²) >= 11 is 5.20. The van der Waals surface area contributed by atoms with Crippen molar-refractivity contribution in [2.45, 2.75) is 0 Å². The molecule has 0 saturated carbocycles. The van der Waals surface area contributed by atoms with Gasteiger partial charge in [-0.1, -0.05) is 12.1 Å². The Hall–Kier alpha value is -2.16. The molecule has 1 aromatic heterocycles. The molecule has 2 N–H and O–H groups in total. The average Bonchev–Trinajstić information content (AvgIpc) is 2.62. The molecule has 7 nitrogen and oxygen atoms in total. The number of ether oxygens (including phenoxy) is 1. The lowest BCUT2D eigenvalue weighted by Gasteiger charge is -2.26. The Balaban J connectivity index is 1.42. The van der Waals surface area contributed by atoms with Crippen LogP contribution in [0.15, 0.2) is 35.6 Å². The van der Waals surface area contributed by atoms with Gasteiger partial charge in [-0.15, -0.1) is 0 Å². The summed E-state index contributed by atoms with van der Waals surface area (Å²) in [6, 6.07) is 7.72. The molecule has 2 heterocycles. The normalized spacial score (nSPS) is 15.7. The average molecular weight is 344 g/mol. The third kappa shape index (κ3) is 4.92. The van der Waals surface area contributed by atoms with Gasteiger partial charge in [0.15, 0.2) is 5.11 Å². The molecular weight excluding hydrogens is 324 g/mol. The molecule has 0 aliphatic carbocycles. The number of para-hydroxylation sites is 2. The lowest BCUT2D eigenvalue weighted by Crippen LogP contribution is -2.42. The summed E-state index contributed by atoms with van der Waals surface area (Å²) in [6.07, 6.45) is 3.29. The van der Waals surface area contributed by atoms with Gasteiger partial charge in [-0.3, -0.25) is 15.3 Å². The van der Waals surface area contributed by atoms with Crippen LogP contribution in [0.3, 0.4) is 0 Å². The zero-order valence-electron chi connectivity index (χ0n) is 13.3. The maximum atomic E-state index is 5.32. The molecule has 0 unspecified atom stereocenters. The number of nitrogens with one attached hydrogen (secondary N) is 2. The molecule has 0 spiro atoms. The summed E-state index contributed by atoms with van der Waals surface area (Å²) in [5.74, 6) is 0. The molecule has 126 valence electrons. The Morgan fingerprint density at radius 2 is 2.08 bits per heavy atom. The quantitative estimate of drug-likeness (QED) is 0.471. The monoisotopic (exact) mass is 344 g/mol. The second-order valence-electron chi connectivity index (χ2n) is 5.36. The highest BCUT2D eigenvalue weighted by molar-refractivity contribution is 7.80. The lowest BCUT2D eigenvalue weighted by molar-refractivity contribution is 0.0389. The molecule has 1 aliphatic rings. The first-order chi connectivity index (χ1) is 11.8. The van der Waals surface area contributed by atoms with Gasteiger partial charge in [0.2, 0.25) is 0 Å². The van der Waals surface area contributed by atoms with E-state index in [4.69, 9.17) is 17.0 Å². The van der Waals surface area contributed by atoms with Crippen LogP contribution in [-0.4, -0.2) is 65.6 Å². The van der Waals surface area contributed by atoms with Gasteiger partial charge in [0.25, 0.3) is 0 Å². The number of thiocarbonyl (C=S) groups is 1. The van der Waals surface area contributed by atoms with Crippen molar-refractivity contribution in [1.82, 2.24) is 25.6 Å². The summed E-state index contributed by atoms with van der Waals surface area (Å²) in [4.78, 5) is 11.1. The Bertz CT molecular complexity index is 717. The van der Waals surface area contributed by atoms with Gasteiger partial charge >= 0.3 is 0 Å². The van der Waals surface area contributed by atoms with Crippen molar-refractivity contribution < 1.29 is 4.74 Å². The topological polar surface area (TPSA) is 74.7 Å². The van der Waals surface area contributed by atoms with Gasteiger partial charge in [-0.2, -0.15) is 5.10 Å². The second kappa shape index (κ2) is 8.62. The van der Waals surface area contributed by atoms with E-state index in [-0.39, 0.29) is 0 Å². The van der Waals surface area contributed by atoms with Gasteiger partial charge in [-0.25, -0.2) is 4.98 Å². The van der Waals surface area contributed by atoms with Gasteiger partial charge in [0, 0.05) is 26.2 Å². The van der Waals surface area contributed by atoms with E-state index in [2.05, 4.69) is 30.7 Å². The lowest BCUT2D eigenvalue weighted by atomic mass is 10.3. The van der Waals surface area contributed by atoms with Crippen molar-refractivity contribution in [2.24, 2.45) is 5.10 Å². The van der Waals surface area contributed by atoms with Crippen LogP contribution < -0.4 is 10.7 Å². The molecule has 1 fully saturated rings. The second-order valence-corrected chi connectivity index (χ2v) is 5.77. The molecule has 1 aromatic carbocycles. The summed E-state index contributed by atoms with van der Waals surface area (Å²) in [7, 11) is 0. The van der Waals surface area contributed by atoms with Gasteiger partial charge < -0.3 is 10.1 Å². The maximum Gasteiger partial charge on any atom is 0.187 e.